The minimum absolute atomic E-state index is 0.158. The quantitative estimate of drug-likeness (QED) is 0.905. The highest BCUT2D eigenvalue weighted by Gasteiger charge is 2.26. The van der Waals surface area contributed by atoms with Crippen LogP contribution in [0.2, 0.25) is 10.0 Å². The van der Waals surface area contributed by atoms with Crippen LogP contribution in [-0.4, -0.2) is 51.8 Å². The number of hydrogen-bond donors (Lipinski definition) is 1. The molecule has 2 heterocycles. The Morgan fingerprint density at radius 1 is 1.25 bits per heavy atom. The van der Waals surface area contributed by atoms with Gasteiger partial charge in [-0.25, -0.2) is 9.67 Å². The van der Waals surface area contributed by atoms with Crippen LogP contribution in [0.5, 0.6) is 0 Å². The second-order valence-electron chi connectivity index (χ2n) is 5.82. The number of nitrogens with zero attached hydrogens (tertiary/aromatic N) is 4. The maximum Gasteiger partial charge on any atom is 0.293 e. The van der Waals surface area contributed by atoms with Crippen LogP contribution >= 0.6 is 23.2 Å². The topological polar surface area (TPSA) is 63.1 Å². The van der Waals surface area contributed by atoms with Gasteiger partial charge in [0.05, 0.1) is 10.0 Å². The van der Waals surface area contributed by atoms with E-state index in [2.05, 4.69) is 15.4 Å². The van der Waals surface area contributed by atoms with E-state index in [1.54, 1.807) is 30.0 Å². The molecule has 128 valence electrons. The molecule has 0 atom stereocenters. The van der Waals surface area contributed by atoms with Gasteiger partial charge in [-0.1, -0.05) is 29.3 Å². The van der Waals surface area contributed by atoms with E-state index in [1.165, 1.54) is 4.68 Å². The summed E-state index contributed by atoms with van der Waals surface area (Å²) in [4.78, 5) is 18.8. The van der Waals surface area contributed by atoms with Gasteiger partial charge >= 0.3 is 0 Å². The Labute approximate surface area is 150 Å². The first-order chi connectivity index (χ1) is 11.5. The monoisotopic (exact) mass is 367 g/mol. The maximum atomic E-state index is 12.7. The smallest absolute Gasteiger partial charge is 0.293 e. The molecule has 2 aromatic rings. The molecular formula is C16H19Cl2N5O. The molecule has 24 heavy (non-hydrogen) atoms. The van der Waals surface area contributed by atoms with Crippen molar-refractivity contribution in [3.63, 3.8) is 0 Å². The van der Waals surface area contributed by atoms with Crippen molar-refractivity contribution in [3.05, 3.63) is 39.9 Å². The van der Waals surface area contributed by atoms with Gasteiger partial charge in [-0.2, -0.15) is 0 Å². The van der Waals surface area contributed by atoms with E-state index in [1.807, 2.05) is 7.05 Å². The lowest BCUT2D eigenvalue weighted by atomic mass is 10.1. The SMILES string of the molecule is CNC1CCN(C(=O)c2nc(C)n(-c3c(Cl)cccc3Cl)n2)CC1. The number of piperidine rings is 1. The molecule has 0 saturated carbocycles. The average molecular weight is 368 g/mol. The van der Waals surface area contributed by atoms with E-state index in [4.69, 9.17) is 23.2 Å². The maximum absolute atomic E-state index is 12.7. The van der Waals surface area contributed by atoms with Gasteiger partial charge in [-0.3, -0.25) is 4.79 Å². The lowest BCUT2D eigenvalue weighted by Gasteiger charge is -2.30. The van der Waals surface area contributed by atoms with Crippen molar-refractivity contribution in [2.75, 3.05) is 20.1 Å². The van der Waals surface area contributed by atoms with Gasteiger partial charge in [-0.05, 0) is 38.9 Å². The Balaban J connectivity index is 1.85. The molecule has 1 aromatic heterocycles. The second-order valence-corrected chi connectivity index (χ2v) is 6.63. The third-order valence-electron chi connectivity index (χ3n) is 4.30. The first-order valence-corrected chi connectivity index (χ1v) is 8.61. The zero-order chi connectivity index (χ0) is 17.3. The standard InChI is InChI=1S/C16H19Cl2N5O/c1-10-20-15(16(24)22-8-6-11(19-2)7-9-22)21-23(10)14-12(17)4-3-5-13(14)18/h3-5,11,19H,6-9H2,1-2H3. The average Bonchev–Trinajstić information content (AvgIpc) is 2.96. The van der Waals surface area contributed by atoms with Gasteiger partial charge < -0.3 is 10.2 Å². The Morgan fingerprint density at radius 2 is 1.88 bits per heavy atom. The van der Waals surface area contributed by atoms with Gasteiger partial charge in [0.2, 0.25) is 5.82 Å². The molecule has 1 aliphatic heterocycles. The Morgan fingerprint density at radius 3 is 2.46 bits per heavy atom. The van der Waals surface area contributed by atoms with Crippen molar-refractivity contribution in [1.29, 1.82) is 0 Å². The van der Waals surface area contributed by atoms with Crippen molar-refractivity contribution >= 4 is 29.1 Å². The summed E-state index contributed by atoms with van der Waals surface area (Å²) in [5.41, 5.74) is 0.541. The van der Waals surface area contributed by atoms with E-state index < -0.39 is 0 Å². The van der Waals surface area contributed by atoms with Gasteiger partial charge in [0.25, 0.3) is 5.91 Å². The van der Waals surface area contributed by atoms with Gasteiger partial charge in [-0.15, -0.1) is 5.10 Å². The summed E-state index contributed by atoms with van der Waals surface area (Å²) in [7, 11) is 1.95. The number of carbonyl (C=O) groups is 1. The molecule has 3 rings (SSSR count). The van der Waals surface area contributed by atoms with E-state index in [0.717, 1.165) is 12.8 Å². The molecule has 1 saturated heterocycles. The van der Waals surface area contributed by atoms with E-state index in [-0.39, 0.29) is 11.7 Å². The Hall–Kier alpha value is -1.63. The van der Waals surface area contributed by atoms with Gasteiger partial charge in [0.15, 0.2) is 0 Å². The van der Waals surface area contributed by atoms with Crippen LogP contribution in [0.15, 0.2) is 18.2 Å². The first kappa shape index (κ1) is 17.2. The van der Waals surface area contributed by atoms with Crippen LogP contribution in [0, 0.1) is 6.92 Å². The van der Waals surface area contributed by atoms with Gasteiger partial charge in [0.1, 0.15) is 11.5 Å². The summed E-state index contributed by atoms with van der Waals surface area (Å²) < 4.78 is 1.53. The van der Waals surface area contributed by atoms with Crippen molar-refractivity contribution in [1.82, 2.24) is 25.0 Å². The number of hydrogen-bond acceptors (Lipinski definition) is 4. The van der Waals surface area contributed by atoms with Crippen molar-refractivity contribution in [2.24, 2.45) is 0 Å². The van der Waals surface area contributed by atoms with Crippen molar-refractivity contribution < 1.29 is 4.79 Å². The molecule has 0 unspecified atom stereocenters. The van der Waals surface area contributed by atoms with E-state index in [0.29, 0.717) is 40.7 Å². The summed E-state index contributed by atoms with van der Waals surface area (Å²) in [6.07, 6.45) is 1.86. The number of benzene rings is 1. The first-order valence-electron chi connectivity index (χ1n) is 7.86. The van der Waals surface area contributed by atoms with Crippen LogP contribution in [0.3, 0.4) is 0 Å². The molecule has 1 amide bonds. The number of carbonyl (C=O) groups excluding carboxylic acids is 1. The highest BCUT2D eigenvalue weighted by molar-refractivity contribution is 6.37. The number of nitrogens with one attached hydrogen (secondary N) is 1. The molecule has 8 heteroatoms. The van der Waals surface area contributed by atoms with Crippen LogP contribution in [0.1, 0.15) is 29.3 Å². The molecule has 0 spiro atoms. The number of aromatic nitrogens is 3. The number of aryl methyl sites for hydroxylation is 1. The normalized spacial score (nSPS) is 15.8. The highest BCUT2D eigenvalue weighted by Crippen LogP contribution is 2.28. The Bertz CT molecular complexity index is 733. The number of likely N-dealkylation sites (tertiary alicyclic amines) is 1. The third-order valence-corrected chi connectivity index (χ3v) is 4.91. The third kappa shape index (κ3) is 3.27. The zero-order valence-corrected chi connectivity index (χ0v) is 15.1. The zero-order valence-electron chi connectivity index (χ0n) is 13.6. The molecule has 6 nitrogen and oxygen atoms in total. The fraction of sp³-hybridized carbons (Fsp3) is 0.438. The molecule has 1 aromatic carbocycles. The summed E-state index contributed by atoms with van der Waals surface area (Å²) in [6.45, 7) is 3.17. The predicted molar refractivity (Wildman–Crippen MR) is 94.1 cm³/mol. The Kier molecular flexibility index (Phi) is 5.08. The molecule has 1 N–H and O–H groups in total. The second kappa shape index (κ2) is 7.09. The predicted octanol–water partition coefficient (Wildman–Crippen LogP) is 2.71. The van der Waals surface area contributed by atoms with Crippen LogP contribution < -0.4 is 5.32 Å². The minimum atomic E-state index is -0.158. The fourth-order valence-electron chi connectivity index (χ4n) is 2.90. The lowest BCUT2D eigenvalue weighted by Crippen LogP contribution is -2.44. The van der Waals surface area contributed by atoms with Crippen molar-refractivity contribution in [3.8, 4) is 5.69 Å². The molecular weight excluding hydrogens is 349 g/mol. The molecule has 1 fully saturated rings. The van der Waals surface area contributed by atoms with Crippen molar-refractivity contribution in [2.45, 2.75) is 25.8 Å². The minimum Gasteiger partial charge on any atom is -0.336 e. The van der Waals surface area contributed by atoms with Gasteiger partial charge in [0, 0.05) is 19.1 Å². The molecule has 1 aliphatic rings. The summed E-state index contributed by atoms with van der Waals surface area (Å²) >= 11 is 12.5. The van der Waals surface area contributed by atoms with Crippen LogP contribution in [0.4, 0.5) is 0 Å². The summed E-state index contributed by atoms with van der Waals surface area (Å²) in [5, 5.41) is 8.52. The molecule has 0 bridgehead atoms. The van der Waals surface area contributed by atoms with Crippen LogP contribution in [0.25, 0.3) is 5.69 Å². The fourth-order valence-corrected chi connectivity index (χ4v) is 3.45. The molecule has 0 aliphatic carbocycles. The highest BCUT2D eigenvalue weighted by atomic mass is 35.5. The number of halogens is 2. The van der Waals surface area contributed by atoms with E-state index >= 15 is 0 Å². The number of amides is 1. The lowest BCUT2D eigenvalue weighted by molar-refractivity contribution is 0.0695. The molecule has 0 radical (unpaired) electrons. The number of para-hydroxylation sites is 1. The largest absolute Gasteiger partial charge is 0.336 e. The van der Waals surface area contributed by atoms with E-state index in [9.17, 15) is 4.79 Å². The summed E-state index contributed by atoms with van der Waals surface area (Å²) in [5.74, 6) is 0.583. The number of rotatable bonds is 3. The van der Waals surface area contributed by atoms with Crippen LogP contribution in [-0.2, 0) is 0 Å². The summed E-state index contributed by atoms with van der Waals surface area (Å²) in [6, 6.07) is 5.68.